The standard InChI is InChI=1S/C28H26Cl2FN3O2/c1-18-3-2-4-25-26(18)33(28(36)34(25)22-9-10-23(29)24(30)17-22)16-15-32-13-11-20(12-14-32)27(35)19-5-7-21(31)8-6-19/h2-10,17,20H,11-16H2,1H3. The van der Waals surface area contributed by atoms with Gasteiger partial charge in [-0.05, 0) is 86.9 Å². The van der Waals surface area contributed by atoms with Crippen LogP contribution in [0.3, 0.4) is 0 Å². The molecule has 2 heterocycles. The Kier molecular flexibility index (Phi) is 7.02. The normalized spacial score (nSPS) is 15.0. The lowest BCUT2D eigenvalue weighted by Crippen LogP contribution is -2.39. The summed E-state index contributed by atoms with van der Waals surface area (Å²) in [6.45, 7) is 4.79. The Balaban J connectivity index is 1.33. The molecule has 1 aliphatic heterocycles. The number of aryl methyl sites for hydroxylation is 1. The van der Waals surface area contributed by atoms with Crippen LogP contribution in [0.4, 0.5) is 4.39 Å². The zero-order valence-corrected chi connectivity index (χ0v) is 21.4. The highest BCUT2D eigenvalue weighted by Crippen LogP contribution is 2.27. The minimum Gasteiger partial charge on any atom is -0.302 e. The molecule has 0 bridgehead atoms. The van der Waals surface area contributed by atoms with Gasteiger partial charge in [-0.25, -0.2) is 9.18 Å². The smallest absolute Gasteiger partial charge is 0.302 e. The number of carbonyl (C=O) groups excluding carboxylic acids is 1. The van der Waals surface area contributed by atoms with E-state index in [1.807, 2.05) is 29.7 Å². The summed E-state index contributed by atoms with van der Waals surface area (Å²) in [6, 6.07) is 16.9. The average Bonchev–Trinajstić information content (AvgIpc) is 3.17. The van der Waals surface area contributed by atoms with E-state index < -0.39 is 0 Å². The summed E-state index contributed by atoms with van der Waals surface area (Å²) in [4.78, 5) is 28.7. The highest BCUT2D eigenvalue weighted by molar-refractivity contribution is 6.42. The lowest BCUT2D eigenvalue weighted by atomic mass is 9.89. The van der Waals surface area contributed by atoms with Crippen LogP contribution in [0.25, 0.3) is 16.7 Å². The van der Waals surface area contributed by atoms with Gasteiger partial charge in [0.1, 0.15) is 5.82 Å². The molecule has 0 spiro atoms. The van der Waals surface area contributed by atoms with Crippen molar-refractivity contribution in [2.75, 3.05) is 19.6 Å². The van der Waals surface area contributed by atoms with Crippen molar-refractivity contribution in [1.82, 2.24) is 14.0 Å². The van der Waals surface area contributed by atoms with Gasteiger partial charge in [-0.15, -0.1) is 0 Å². The van der Waals surface area contributed by atoms with Gasteiger partial charge in [-0.3, -0.25) is 13.9 Å². The molecular formula is C28H26Cl2FN3O2. The van der Waals surface area contributed by atoms with E-state index in [0.717, 1.165) is 42.5 Å². The lowest BCUT2D eigenvalue weighted by Gasteiger charge is -2.31. The van der Waals surface area contributed by atoms with Gasteiger partial charge >= 0.3 is 5.69 Å². The predicted molar refractivity (Wildman–Crippen MR) is 142 cm³/mol. The Morgan fingerprint density at radius 2 is 1.69 bits per heavy atom. The third-order valence-corrected chi connectivity index (χ3v) is 7.78. The highest BCUT2D eigenvalue weighted by atomic mass is 35.5. The van der Waals surface area contributed by atoms with E-state index in [1.54, 1.807) is 34.9 Å². The zero-order chi connectivity index (χ0) is 25.4. The Bertz CT molecular complexity index is 1490. The molecule has 1 saturated heterocycles. The van der Waals surface area contributed by atoms with Crippen LogP contribution in [0.2, 0.25) is 10.0 Å². The first-order valence-electron chi connectivity index (χ1n) is 12.0. The number of piperidine rings is 1. The third kappa shape index (κ3) is 4.73. The van der Waals surface area contributed by atoms with Crippen LogP contribution < -0.4 is 5.69 Å². The molecule has 186 valence electrons. The topological polar surface area (TPSA) is 47.2 Å². The number of likely N-dealkylation sites (tertiary alicyclic amines) is 1. The molecule has 0 saturated carbocycles. The molecule has 0 amide bonds. The quantitative estimate of drug-likeness (QED) is 0.284. The minimum atomic E-state index is -0.340. The van der Waals surface area contributed by atoms with Gasteiger partial charge in [0.25, 0.3) is 0 Å². The molecule has 5 rings (SSSR count). The molecule has 1 aromatic heterocycles. The first-order valence-corrected chi connectivity index (χ1v) is 12.8. The van der Waals surface area contributed by atoms with Crippen LogP contribution >= 0.6 is 23.2 Å². The van der Waals surface area contributed by atoms with Crippen molar-refractivity contribution in [2.45, 2.75) is 26.3 Å². The highest BCUT2D eigenvalue weighted by Gasteiger charge is 2.26. The second kappa shape index (κ2) is 10.2. The van der Waals surface area contributed by atoms with Crippen LogP contribution in [-0.4, -0.2) is 39.5 Å². The van der Waals surface area contributed by atoms with Crippen molar-refractivity contribution in [3.8, 4) is 5.69 Å². The van der Waals surface area contributed by atoms with Crippen LogP contribution in [-0.2, 0) is 6.54 Å². The number of benzene rings is 3. The first-order chi connectivity index (χ1) is 17.3. The summed E-state index contributed by atoms with van der Waals surface area (Å²) < 4.78 is 16.7. The van der Waals surface area contributed by atoms with Crippen LogP contribution in [0.15, 0.2) is 65.5 Å². The number of Topliss-reactive ketones (excluding diaryl/α,β-unsaturated/α-hetero) is 1. The minimum absolute atomic E-state index is 0.0618. The summed E-state index contributed by atoms with van der Waals surface area (Å²) in [5.74, 6) is -0.327. The van der Waals surface area contributed by atoms with E-state index in [4.69, 9.17) is 23.2 Å². The van der Waals surface area contributed by atoms with Gasteiger partial charge in [0.2, 0.25) is 0 Å². The van der Waals surface area contributed by atoms with Crippen molar-refractivity contribution in [2.24, 2.45) is 5.92 Å². The molecule has 0 aliphatic carbocycles. The number of ketones is 1. The maximum Gasteiger partial charge on any atom is 0.333 e. The maximum absolute atomic E-state index is 13.6. The Morgan fingerprint density at radius 3 is 2.39 bits per heavy atom. The fraction of sp³-hybridized carbons (Fsp3) is 0.286. The molecule has 1 fully saturated rings. The van der Waals surface area contributed by atoms with E-state index in [1.165, 1.54) is 12.1 Å². The van der Waals surface area contributed by atoms with E-state index in [-0.39, 0.29) is 23.2 Å². The van der Waals surface area contributed by atoms with E-state index in [0.29, 0.717) is 34.4 Å². The molecule has 0 radical (unpaired) electrons. The molecule has 0 N–H and O–H groups in total. The number of carbonyl (C=O) groups is 1. The summed E-state index contributed by atoms with van der Waals surface area (Å²) in [6.07, 6.45) is 1.49. The number of halogens is 3. The average molecular weight is 526 g/mol. The van der Waals surface area contributed by atoms with E-state index in [2.05, 4.69) is 4.90 Å². The summed E-state index contributed by atoms with van der Waals surface area (Å²) >= 11 is 12.3. The SMILES string of the molecule is Cc1cccc2c1n(CCN1CCC(C(=O)c3ccc(F)cc3)CC1)c(=O)n2-c1ccc(Cl)c(Cl)c1. The Labute approximate surface area is 218 Å². The van der Waals surface area contributed by atoms with Crippen LogP contribution in [0.1, 0.15) is 28.8 Å². The van der Waals surface area contributed by atoms with Gasteiger partial charge in [-0.1, -0.05) is 35.3 Å². The van der Waals surface area contributed by atoms with E-state index >= 15 is 0 Å². The summed E-state index contributed by atoms with van der Waals surface area (Å²) in [7, 11) is 0. The fourth-order valence-electron chi connectivity index (χ4n) is 5.09. The molecule has 4 aromatic rings. The van der Waals surface area contributed by atoms with Gasteiger partial charge in [0.05, 0.1) is 26.8 Å². The summed E-state index contributed by atoms with van der Waals surface area (Å²) in [5, 5.41) is 0.836. The van der Waals surface area contributed by atoms with Crippen molar-refractivity contribution in [1.29, 1.82) is 0 Å². The first kappa shape index (κ1) is 24.8. The molecule has 0 unspecified atom stereocenters. The molecule has 1 aliphatic rings. The van der Waals surface area contributed by atoms with Crippen LogP contribution in [0.5, 0.6) is 0 Å². The molecular weight excluding hydrogens is 500 g/mol. The van der Waals surface area contributed by atoms with Crippen molar-refractivity contribution in [3.63, 3.8) is 0 Å². The predicted octanol–water partition coefficient (Wildman–Crippen LogP) is 6.14. The lowest BCUT2D eigenvalue weighted by molar-refractivity contribution is 0.0837. The molecule has 0 atom stereocenters. The van der Waals surface area contributed by atoms with Gasteiger partial charge < -0.3 is 4.90 Å². The Morgan fingerprint density at radius 1 is 0.972 bits per heavy atom. The monoisotopic (exact) mass is 525 g/mol. The van der Waals surface area contributed by atoms with Crippen LogP contribution in [0, 0.1) is 18.7 Å². The van der Waals surface area contributed by atoms with E-state index in [9.17, 15) is 14.0 Å². The van der Waals surface area contributed by atoms with Crippen molar-refractivity contribution in [3.05, 3.63) is 98.1 Å². The number of aromatic nitrogens is 2. The third-order valence-electron chi connectivity index (χ3n) is 7.04. The molecule has 5 nitrogen and oxygen atoms in total. The number of rotatable bonds is 6. The second-order valence-corrected chi connectivity index (χ2v) is 10.1. The number of hydrogen-bond acceptors (Lipinski definition) is 3. The largest absolute Gasteiger partial charge is 0.333 e. The number of imidazole rings is 1. The maximum atomic E-state index is 13.6. The van der Waals surface area contributed by atoms with Gasteiger partial charge in [0.15, 0.2) is 5.78 Å². The van der Waals surface area contributed by atoms with Gasteiger partial charge in [-0.2, -0.15) is 0 Å². The molecule has 8 heteroatoms. The van der Waals surface area contributed by atoms with Crippen molar-refractivity contribution < 1.29 is 9.18 Å². The fourth-order valence-corrected chi connectivity index (χ4v) is 5.38. The zero-order valence-electron chi connectivity index (χ0n) is 19.9. The summed E-state index contributed by atoms with van der Waals surface area (Å²) in [5.41, 5.74) is 3.85. The second-order valence-electron chi connectivity index (χ2n) is 9.30. The number of fused-ring (bicyclic) bond motifs is 1. The number of nitrogens with zero attached hydrogens (tertiary/aromatic N) is 3. The van der Waals surface area contributed by atoms with Gasteiger partial charge in [0, 0.05) is 24.6 Å². The number of hydrogen-bond donors (Lipinski definition) is 0. The van der Waals surface area contributed by atoms with Crippen molar-refractivity contribution >= 4 is 40.0 Å². The Hall–Kier alpha value is -2.93. The molecule has 36 heavy (non-hydrogen) atoms. The number of para-hydroxylation sites is 1. The molecule has 3 aromatic carbocycles.